The molecule has 2 nitrogen and oxygen atoms in total. The van der Waals surface area contributed by atoms with E-state index in [1.807, 2.05) is 43.3 Å². The van der Waals surface area contributed by atoms with Gasteiger partial charge in [0.15, 0.2) is 0 Å². The van der Waals surface area contributed by atoms with Gasteiger partial charge in [-0.2, -0.15) is 0 Å². The molecule has 2 heteroatoms. The Bertz CT molecular complexity index is 589. The van der Waals surface area contributed by atoms with Crippen LogP contribution in [0.4, 0.5) is 5.69 Å². The van der Waals surface area contributed by atoms with Crippen molar-refractivity contribution in [2.24, 2.45) is 0 Å². The highest BCUT2D eigenvalue weighted by molar-refractivity contribution is 5.99. The van der Waals surface area contributed by atoms with Crippen LogP contribution in [0.2, 0.25) is 0 Å². The predicted octanol–water partition coefficient (Wildman–Crippen LogP) is 3.27. The third-order valence-electron chi connectivity index (χ3n) is 3.47. The van der Waals surface area contributed by atoms with E-state index in [1.165, 1.54) is 11.1 Å². The second kappa shape index (κ2) is 4.30. The number of hydrogen-bond donors (Lipinski definition) is 1. The zero-order valence-electron chi connectivity index (χ0n) is 10.3. The molecule has 1 unspecified atom stereocenters. The van der Waals surface area contributed by atoms with Crippen molar-refractivity contribution in [3.05, 3.63) is 65.2 Å². The monoisotopic (exact) mass is 237 g/mol. The predicted molar refractivity (Wildman–Crippen MR) is 72.7 cm³/mol. The quantitative estimate of drug-likeness (QED) is 0.810. The average Bonchev–Trinajstić information content (AvgIpc) is 2.39. The molecule has 1 heterocycles. The Labute approximate surface area is 107 Å². The van der Waals surface area contributed by atoms with Crippen LogP contribution in [0.1, 0.15) is 22.6 Å². The molecule has 1 amide bonds. The van der Waals surface area contributed by atoms with Gasteiger partial charge in [-0.25, -0.2) is 0 Å². The van der Waals surface area contributed by atoms with Gasteiger partial charge in [-0.15, -0.1) is 0 Å². The van der Waals surface area contributed by atoms with E-state index in [-0.39, 0.29) is 11.8 Å². The summed E-state index contributed by atoms with van der Waals surface area (Å²) in [4.78, 5) is 12.2. The molecule has 0 bridgehead atoms. The summed E-state index contributed by atoms with van der Waals surface area (Å²) in [7, 11) is 0. The Morgan fingerprint density at radius 3 is 2.67 bits per heavy atom. The van der Waals surface area contributed by atoms with Crippen LogP contribution in [0.5, 0.6) is 0 Å². The van der Waals surface area contributed by atoms with Crippen LogP contribution in [0.15, 0.2) is 48.5 Å². The number of amides is 1. The summed E-state index contributed by atoms with van der Waals surface area (Å²) >= 11 is 0. The van der Waals surface area contributed by atoms with Crippen molar-refractivity contribution in [2.45, 2.75) is 19.3 Å². The van der Waals surface area contributed by atoms with Crippen molar-refractivity contribution >= 4 is 11.6 Å². The molecule has 2 aromatic carbocycles. The van der Waals surface area contributed by atoms with Crippen molar-refractivity contribution in [1.82, 2.24) is 0 Å². The summed E-state index contributed by atoms with van der Waals surface area (Å²) in [6.45, 7) is 2.04. The summed E-state index contributed by atoms with van der Waals surface area (Å²) in [6.07, 6.45) is 0.783. The van der Waals surface area contributed by atoms with Gasteiger partial charge in [-0.3, -0.25) is 4.79 Å². The van der Waals surface area contributed by atoms with Gasteiger partial charge in [0, 0.05) is 5.69 Å². The first kappa shape index (κ1) is 11.0. The maximum atomic E-state index is 12.2. The molecule has 0 saturated heterocycles. The van der Waals surface area contributed by atoms with E-state index in [0.717, 1.165) is 17.7 Å². The summed E-state index contributed by atoms with van der Waals surface area (Å²) in [6, 6.07) is 16.2. The highest BCUT2D eigenvalue weighted by atomic mass is 16.1. The first-order valence-electron chi connectivity index (χ1n) is 6.19. The van der Waals surface area contributed by atoms with Gasteiger partial charge in [0.25, 0.3) is 0 Å². The zero-order valence-corrected chi connectivity index (χ0v) is 10.3. The van der Waals surface area contributed by atoms with Gasteiger partial charge in [0.1, 0.15) is 0 Å². The fourth-order valence-electron chi connectivity index (χ4n) is 2.47. The molecule has 1 aliphatic heterocycles. The van der Waals surface area contributed by atoms with Gasteiger partial charge in [0.2, 0.25) is 5.91 Å². The largest absolute Gasteiger partial charge is 0.325 e. The number of hydrogen-bond acceptors (Lipinski definition) is 1. The third kappa shape index (κ3) is 1.90. The summed E-state index contributed by atoms with van der Waals surface area (Å²) in [5.41, 5.74) is 4.44. The molecule has 2 aromatic rings. The first-order valence-corrected chi connectivity index (χ1v) is 6.19. The molecular formula is C16H15NO. The van der Waals surface area contributed by atoms with Crippen molar-refractivity contribution in [3.63, 3.8) is 0 Å². The van der Waals surface area contributed by atoms with E-state index < -0.39 is 0 Å². The molecule has 3 rings (SSSR count). The van der Waals surface area contributed by atoms with Crippen LogP contribution in [0, 0.1) is 6.92 Å². The van der Waals surface area contributed by atoms with E-state index in [0.29, 0.717) is 0 Å². The van der Waals surface area contributed by atoms with Gasteiger partial charge < -0.3 is 5.32 Å². The lowest BCUT2D eigenvalue weighted by atomic mass is 9.87. The number of rotatable bonds is 1. The fraction of sp³-hybridized carbons (Fsp3) is 0.188. The molecule has 1 N–H and O–H groups in total. The van der Waals surface area contributed by atoms with Crippen molar-refractivity contribution < 1.29 is 4.79 Å². The summed E-state index contributed by atoms with van der Waals surface area (Å²) < 4.78 is 0. The molecule has 0 spiro atoms. The Kier molecular flexibility index (Phi) is 2.63. The van der Waals surface area contributed by atoms with Gasteiger partial charge >= 0.3 is 0 Å². The molecule has 0 fully saturated rings. The van der Waals surface area contributed by atoms with Crippen LogP contribution < -0.4 is 5.32 Å². The summed E-state index contributed by atoms with van der Waals surface area (Å²) in [5.74, 6) is 0.0284. The lowest BCUT2D eigenvalue weighted by Gasteiger charge is -2.25. The van der Waals surface area contributed by atoms with Crippen LogP contribution in [-0.2, 0) is 11.2 Å². The second-order valence-electron chi connectivity index (χ2n) is 4.82. The molecule has 0 aromatic heterocycles. The normalized spacial score (nSPS) is 18.1. The Morgan fingerprint density at radius 2 is 1.89 bits per heavy atom. The van der Waals surface area contributed by atoms with Gasteiger partial charge in [0.05, 0.1) is 5.92 Å². The number of carbonyl (C=O) groups is 1. The van der Waals surface area contributed by atoms with Crippen LogP contribution in [-0.4, -0.2) is 5.91 Å². The fourth-order valence-corrected chi connectivity index (χ4v) is 2.47. The molecule has 1 atom stereocenters. The van der Waals surface area contributed by atoms with Crippen molar-refractivity contribution in [2.75, 3.05) is 5.32 Å². The number of benzene rings is 2. The molecule has 1 aliphatic rings. The average molecular weight is 237 g/mol. The molecule has 18 heavy (non-hydrogen) atoms. The number of carbonyl (C=O) groups excluding carboxylic acids is 1. The van der Waals surface area contributed by atoms with E-state index in [9.17, 15) is 4.79 Å². The zero-order chi connectivity index (χ0) is 12.5. The maximum Gasteiger partial charge on any atom is 0.232 e. The van der Waals surface area contributed by atoms with Crippen molar-refractivity contribution in [1.29, 1.82) is 0 Å². The molecule has 0 radical (unpaired) electrons. The lowest BCUT2D eigenvalue weighted by Crippen LogP contribution is -2.28. The summed E-state index contributed by atoms with van der Waals surface area (Å²) in [5, 5.41) is 3.01. The molecule has 90 valence electrons. The standard InChI is InChI=1S/C16H15NO/c1-11-7-8-13-10-14(12-5-3-2-4-6-12)16(18)17-15(13)9-11/h2-9,14H,10H2,1H3,(H,17,18). The Hall–Kier alpha value is -2.09. The number of anilines is 1. The first-order chi connectivity index (χ1) is 8.74. The third-order valence-corrected chi connectivity index (χ3v) is 3.47. The number of aryl methyl sites for hydroxylation is 1. The Morgan fingerprint density at radius 1 is 1.11 bits per heavy atom. The number of fused-ring (bicyclic) bond motifs is 1. The van der Waals surface area contributed by atoms with E-state index in [2.05, 4.69) is 17.4 Å². The highest BCUT2D eigenvalue weighted by Gasteiger charge is 2.27. The van der Waals surface area contributed by atoms with E-state index in [4.69, 9.17) is 0 Å². The minimum absolute atomic E-state index is 0.0681. The second-order valence-corrected chi connectivity index (χ2v) is 4.82. The topological polar surface area (TPSA) is 29.1 Å². The van der Waals surface area contributed by atoms with Crippen LogP contribution >= 0.6 is 0 Å². The minimum Gasteiger partial charge on any atom is -0.325 e. The van der Waals surface area contributed by atoms with Gasteiger partial charge in [-0.1, -0.05) is 42.5 Å². The SMILES string of the molecule is Cc1ccc2c(c1)NC(=O)C(c1ccccc1)C2. The van der Waals surface area contributed by atoms with Gasteiger partial charge in [-0.05, 0) is 36.1 Å². The maximum absolute atomic E-state index is 12.2. The molecule has 0 aliphatic carbocycles. The van der Waals surface area contributed by atoms with Crippen molar-refractivity contribution in [3.8, 4) is 0 Å². The molecular weight excluding hydrogens is 222 g/mol. The Balaban J connectivity index is 1.97. The minimum atomic E-state index is -0.0681. The molecule has 0 saturated carbocycles. The highest BCUT2D eigenvalue weighted by Crippen LogP contribution is 2.31. The van der Waals surface area contributed by atoms with Crippen LogP contribution in [0.3, 0.4) is 0 Å². The lowest BCUT2D eigenvalue weighted by molar-refractivity contribution is -0.117. The van der Waals surface area contributed by atoms with E-state index in [1.54, 1.807) is 0 Å². The van der Waals surface area contributed by atoms with E-state index >= 15 is 0 Å². The smallest absolute Gasteiger partial charge is 0.232 e. The van der Waals surface area contributed by atoms with Crippen LogP contribution in [0.25, 0.3) is 0 Å². The number of nitrogens with one attached hydrogen (secondary N) is 1.